The molecule has 2 N–H and O–H groups in total. The minimum atomic E-state index is -1.15. The predicted molar refractivity (Wildman–Crippen MR) is 243 cm³/mol. The van der Waals surface area contributed by atoms with Gasteiger partial charge in [-0.2, -0.15) is 0 Å². The third kappa shape index (κ3) is 7.04. The van der Waals surface area contributed by atoms with Crippen LogP contribution in [0.2, 0.25) is 5.02 Å². The summed E-state index contributed by atoms with van der Waals surface area (Å²) >= 11 is 6.40. The van der Waals surface area contributed by atoms with Gasteiger partial charge in [0.2, 0.25) is 0 Å². The quantitative estimate of drug-likeness (QED) is 0.226. The van der Waals surface area contributed by atoms with Gasteiger partial charge in [0.1, 0.15) is 11.9 Å². The lowest BCUT2D eigenvalue weighted by atomic mass is 9.33. The first-order valence-electron chi connectivity index (χ1n) is 23.3. The number of hydrogen-bond acceptors (Lipinski definition) is 7. The standard InChI is InChI=1S/C51H75ClN4O4/c1-13-33-28-51(44-55-32(4)14-18-37(56(44)27-26-53-12)36-17-15-34(52)30-54-36)25-24-49(10)35(43(51)42(33)31(2)3)16-19-39-48(9)22-21-40(60-41(57)29-46(5,6)45(58)59)47(7,8)38(48)20-23-50(39,49)11/h13,15,17-18,30-32,35,38-40,53H,14,16,19-29H2,1-12H3,(H,58,59). The summed E-state index contributed by atoms with van der Waals surface area (Å²) in [5.41, 5.74) is 5.66. The van der Waals surface area contributed by atoms with Crippen LogP contribution in [0.4, 0.5) is 0 Å². The molecule has 1 aromatic rings. The number of rotatable bonds is 10. The number of likely N-dealkylation sites (N-methyl/N-ethyl adjacent to an activating group) is 1. The molecular formula is C51H75ClN4O4. The maximum absolute atomic E-state index is 13.3. The lowest BCUT2D eigenvalue weighted by Crippen LogP contribution is -2.66. The summed E-state index contributed by atoms with van der Waals surface area (Å²) in [7, 11) is 2.04. The minimum Gasteiger partial charge on any atom is -0.481 e. The van der Waals surface area contributed by atoms with Crippen molar-refractivity contribution >= 4 is 35.1 Å². The molecule has 0 bridgehead atoms. The molecule has 4 fully saturated rings. The van der Waals surface area contributed by atoms with Gasteiger partial charge in [0, 0.05) is 24.7 Å². The number of aromatic nitrogens is 1. The SMILES string of the molecule is CC=C1CC2(C3=NC(C)CC=C(c4ccc(Cl)cn4)N3CCNC)CCC3(C)C(CCC4C5(C)CCC(OC(=O)CC(C)(C)C(=O)O)C(C)(C)C5CCC43C)C2=C1C(C)C. The number of hydrogen-bond donors (Lipinski definition) is 2. The van der Waals surface area contributed by atoms with Crippen molar-refractivity contribution in [3.8, 4) is 0 Å². The van der Waals surface area contributed by atoms with Gasteiger partial charge in [-0.25, -0.2) is 0 Å². The normalized spacial score (nSPS) is 37.1. The number of esters is 1. The van der Waals surface area contributed by atoms with E-state index in [0.717, 1.165) is 75.8 Å². The van der Waals surface area contributed by atoms with Gasteiger partial charge in [0.25, 0.3) is 0 Å². The molecule has 4 saturated carbocycles. The Morgan fingerprint density at radius 2 is 1.77 bits per heavy atom. The summed E-state index contributed by atoms with van der Waals surface area (Å²) in [5, 5.41) is 13.8. The summed E-state index contributed by atoms with van der Waals surface area (Å²) < 4.78 is 6.27. The Morgan fingerprint density at radius 1 is 1.03 bits per heavy atom. The topological polar surface area (TPSA) is 104 Å². The van der Waals surface area contributed by atoms with Crippen molar-refractivity contribution in [2.24, 2.45) is 61.2 Å². The van der Waals surface area contributed by atoms with E-state index in [1.165, 1.54) is 24.3 Å². The molecule has 5 aliphatic carbocycles. The van der Waals surface area contributed by atoms with Crippen molar-refractivity contribution < 1.29 is 19.4 Å². The van der Waals surface area contributed by atoms with Crippen LogP contribution in [-0.2, 0) is 14.3 Å². The summed E-state index contributed by atoms with van der Waals surface area (Å²) in [4.78, 5) is 38.4. The van der Waals surface area contributed by atoms with Crippen LogP contribution in [0.3, 0.4) is 0 Å². The smallest absolute Gasteiger partial charge is 0.309 e. The van der Waals surface area contributed by atoms with Crippen molar-refractivity contribution in [2.75, 3.05) is 20.1 Å². The Balaban J connectivity index is 1.27. The molecule has 8 nitrogen and oxygen atoms in total. The molecule has 330 valence electrons. The van der Waals surface area contributed by atoms with E-state index in [1.54, 1.807) is 31.2 Å². The minimum absolute atomic E-state index is 0.102. The summed E-state index contributed by atoms with van der Waals surface area (Å²) in [6.45, 7) is 26.9. The molecule has 1 aromatic heterocycles. The molecule has 0 spiro atoms. The molecule has 0 radical (unpaired) electrons. The number of pyridine rings is 1. The zero-order valence-electron chi connectivity index (χ0n) is 38.9. The highest BCUT2D eigenvalue weighted by molar-refractivity contribution is 6.30. The number of fused-ring (bicyclic) bond motifs is 7. The van der Waals surface area contributed by atoms with Gasteiger partial charge in [-0.15, -0.1) is 0 Å². The van der Waals surface area contributed by atoms with Gasteiger partial charge in [-0.1, -0.05) is 72.2 Å². The summed E-state index contributed by atoms with van der Waals surface area (Å²) in [6, 6.07) is 4.18. The summed E-state index contributed by atoms with van der Waals surface area (Å²) in [6.07, 6.45) is 16.8. The average molecular weight is 844 g/mol. The largest absolute Gasteiger partial charge is 0.481 e. The number of halogens is 1. The average Bonchev–Trinajstić information content (AvgIpc) is 3.43. The molecule has 9 heteroatoms. The van der Waals surface area contributed by atoms with Crippen LogP contribution in [-0.4, -0.2) is 65.0 Å². The van der Waals surface area contributed by atoms with Crippen molar-refractivity contribution in [3.63, 3.8) is 0 Å². The molecule has 9 unspecified atom stereocenters. The van der Waals surface area contributed by atoms with E-state index in [1.807, 2.05) is 13.1 Å². The van der Waals surface area contributed by atoms with Crippen LogP contribution >= 0.6 is 11.6 Å². The molecule has 7 rings (SSSR count). The monoisotopic (exact) mass is 843 g/mol. The van der Waals surface area contributed by atoms with E-state index in [-0.39, 0.29) is 51.6 Å². The maximum atomic E-state index is 13.3. The van der Waals surface area contributed by atoms with E-state index in [4.69, 9.17) is 26.3 Å². The van der Waals surface area contributed by atoms with E-state index in [9.17, 15) is 14.7 Å². The highest BCUT2D eigenvalue weighted by Crippen LogP contribution is 2.77. The van der Waals surface area contributed by atoms with Gasteiger partial charge in [0.05, 0.1) is 39.7 Å². The van der Waals surface area contributed by atoms with Crippen LogP contribution in [0.1, 0.15) is 152 Å². The first kappa shape index (κ1) is 45.1. The van der Waals surface area contributed by atoms with Crippen molar-refractivity contribution in [1.29, 1.82) is 0 Å². The number of aliphatic carboxylic acids is 1. The van der Waals surface area contributed by atoms with Gasteiger partial charge in [0.15, 0.2) is 0 Å². The second kappa shape index (κ2) is 16.0. The Morgan fingerprint density at radius 3 is 2.40 bits per heavy atom. The second-order valence-electron chi connectivity index (χ2n) is 22.1. The molecule has 0 amide bonds. The fraction of sp³-hybridized carbons (Fsp3) is 0.725. The molecule has 9 atom stereocenters. The number of carboxylic acid groups (broad SMARTS) is 1. The molecule has 2 heterocycles. The maximum Gasteiger partial charge on any atom is 0.309 e. The molecule has 1 aliphatic heterocycles. The zero-order chi connectivity index (χ0) is 43.8. The number of aliphatic imine (C=N–C) groups is 1. The molecule has 0 saturated heterocycles. The van der Waals surface area contributed by atoms with E-state index in [0.29, 0.717) is 28.7 Å². The van der Waals surface area contributed by atoms with Gasteiger partial charge in [-0.3, -0.25) is 19.6 Å². The third-order valence-corrected chi connectivity index (χ3v) is 18.0. The Kier molecular flexibility index (Phi) is 12.0. The number of ether oxygens (including phenoxy) is 1. The lowest BCUT2D eigenvalue weighted by Gasteiger charge is -2.72. The van der Waals surface area contributed by atoms with E-state index in [2.05, 4.69) is 90.7 Å². The Bertz CT molecular complexity index is 1980. The van der Waals surface area contributed by atoms with Crippen molar-refractivity contribution in [3.05, 3.63) is 57.9 Å². The van der Waals surface area contributed by atoms with Gasteiger partial charge >= 0.3 is 11.9 Å². The van der Waals surface area contributed by atoms with Crippen LogP contribution in [0, 0.1) is 56.2 Å². The van der Waals surface area contributed by atoms with Crippen LogP contribution in [0.15, 0.2) is 52.2 Å². The molecular weight excluding hydrogens is 768 g/mol. The Hall–Kier alpha value is -2.97. The second-order valence-corrected chi connectivity index (χ2v) is 22.6. The predicted octanol–water partition coefficient (Wildman–Crippen LogP) is 11.6. The van der Waals surface area contributed by atoms with Gasteiger partial charge < -0.3 is 20.1 Å². The number of allylic oxidation sites excluding steroid dienone is 3. The van der Waals surface area contributed by atoms with Crippen LogP contribution in [0.25, 0.3) is 5.70 Å². The van der Waals surface area contributed by atoms with Gasteiger partial charge in [-0.05, 0) is 168 Å². The number of carboxylic acids is 1. The molecule has 0 aromatic carbocycles. The van der Waals surface area contributed by atoms with E-state index >= 15 is 0 Å². The third-order valence-electron chi connectivity index (χ3n) is 17.8. The van der Waals surface area contributed by atoms with Crippen LogP contribution < -0.4 is 5.32 Å². The van der Waals surface area contributed by atoms with E-state index < -0.39 is 11.4 Å². The number of nitrogens with one attached hydrogen (secondary N) is 1. The number of carbonyl (C=O) groups excluding carboxylic acids is 1. The number of carbonyl (C=O) groups is 2. The lowest BCUT2D eigenvalue weighted by molar-refractivity contribution is -0.232. The number of amidine groups is 1. The zero-order valence-corrected chi connectivity index (χ0v) is 39.7. The first-order chi connectivity index (χ1) is 28.1. The van der Waals surface area contributed by atoms with Crippen molar-refractivity contribution in [2.45, 2.75) is 159 Å². The highest BCUT2D eigenvalue weighted by atomic mass is 35.5. The molecule has 6 aliphatic rings. The Labute approximate surface area is 366 Å². The molecule has 60 heavy (non-hydrogen) atoms. The fourth-order valence-corrected chi connectivity index (χ4v) is 14.6. The summed E-state index contributed by atoms with van der Waals surface area (Å²) in [5.74, 6) is 1.68. The number of nitrogens with zero attached hydrogens (tertiary/aromatic N) is 3. The van der Waals surface area contributed by atoms with Crippen LogP contribution in [0.5, 0.6) is 0 Å². The van der Waals surface area contributed by atoms with Crippen molar-refractivity contribution in [1.82, 2.24) is 15.2 Å². The fourth-order valence-electron chi connectivity index (χ4n) is 14.5. The highest BCUT2D eigenvalue weighted by Gasteiger charge is 2.70. The first-order valence-corrected chi connectivity index (χ1v) is 23.6.